The van der Waals surface area contributed by atoms with E-state index in [0.29, 0.717) is 24.2 Å². The maximum atomic E-state index is 12.9. The van der Waals surface area contributed by atoms with Gasteiger partial charge in [-0.25, -0.2) is 0 Å². The van der Waals surface area contributed by atoms with Crippen molar-refractivity contribution in [2.24, 2.45) is 23.2 Å². The second-order valence-electron chi connectivity index (χ2n) is 7.62. The number of carbonyl (C=O) groups is 1. The Morgan fingerprint density at radius 1 is 1.14 bits per heavy atom. The normalized spacial score (nSPS) is 29.8. The summed E-state index contributed by atoms with van der Waals surface area (Å²) in [7, 11) is 1.74. The number of ketones is 1. The number of unbranched alkanes of at least 4 members (excludes halogenated alkanes) is 2. The van der Waals surface area contributed by atoms with Gasteiger partial charge in [0, 0.05) is 13.5 Å². The van der Waals surface area contributed by atoms with E-state index in [1.165, 1.54) is 38.5 Å². The van der Waals surface area contributed by atoms with Crippen LogP contribution in [0.3, 0.4) is 0 Å². The topological polar surface area (TPSA) is 26.3 Å². The van der Waals surface area contributed by atoms with E-state index in [4.69, 9.17) is 4.74 Å². The first-order valence-corrected chi connectivity index (χ1v) is 8.97. The van der Waals surface area contributed by atoms with Crippen molar-refractivity contribution in [2.75, 3.05) is 13.7 Å². The summed E-state index contributed by atoms with van der Waals surface area (Å²) in [6.45, 7) is 9.66. The molecular weight excluding hydrogens is 260 g/mol. The SMILES string of the molecule is COCC1(C(=O)CCCCCC(C)C)C(C)CCCC1C. The Morgan fingerprint density at radius 3 is 2.29 bits per heavy atom. The molecule has 2 heteroatoms. The Hall–Kier alpha value is -0.370. The molecule has 1 fully saturated rings. The van der Waals surface area contributed by atoms with Crippen molar-refractivity contribution in [3.8, 4) is 0 Å². The van der Waals surface area contributed by atoms with Gasteiger partial charge in [-0.1, -0.05) is 53.4 Å². The van der Waals surface area contributed by atoms with Crippen molar-refractivity contribution in [3.05, 3.63) is 0 Å². The summed E-state index contributed by atoms with van der Waals surface area (Å²) < 4.78 is 5.48. The van der Waals surface area contributed by atoms with Crippen LogP contribution in [0.15, 0.2) is 0 Å². The number of Topliss-reactive ketones (excluding diaryl/α,β-unsaturated/α-hetero) is 1. The summed E-state index contributed by atoms with van der Waals surface area (Å²) in [6.07, 6.45) is 9.13. The van der Waals surface area contributed by atoms with Crippen LogP contribution in [0.4, 0.5) is 0 Å². The Morgan fingerprint density at radius 2 is 1.76 bits per heavy atom. The van der Waals surface area contributed by atoms with Gasteiger partial charge in [0.15, 0.2) is 0 Å². The Balaban J connectivity index is 2.56. The maximum Gasteiger partial charge on any atom is 0.141 e. The van der Waals surface area contributed by atoms with Crippen molar-refractivity contribution in [1.82, 2.24) is 0 Å². The minimum absolute atomic E-state index is 0.217. The third-order valence-electron chi connectivity index (χ3n) is 5.62. The summed E-state index contributed by atoms with van der Waals surface area (Å²) in [5.74, 6) is 2.17. The molecule has 0 radical (unpaired) electrons. The molecule has 0 aromatic carbocycles. The molecular formula is C19H36O2. The molecule has 0 aromatic heterocycles. The van der Waals surface area contributed by atoms with E-state index >= 15 is 0 Å². The molecule has 0 N–H and O–H groups in total. The smallest absolute Gasteiger partial charge is 0.141 e. The van der Waals surface area contributed by atoms with Crippen LogP contribution >= 0.6 is 0 Å². The fourth-order valence-corrected chi connectivity index (χ4v) is 4.13. The first-order valence-electron chi connectivity index (χ1n) is 8.97. The number of methoxy groups -OCH3 is 1. The van der Waals surface area contributed by atoms with E-state index < -0.39 is 0 Å². The second kappa shape index (κ2) is 8.92. The number of carbonyl (C=O) groups excluding carboxylic acids is 1. The first kappa shape index (κ1) is 18.7. The molecule has 124 valence electrons. The summed E-state index contributed by atoms with van der Waals surface area (Å²) in [5.41, 5.74) is -0.217. The van der Waals surface area contributed by atoms with E-state index in [1.54, 1.807) is 7.11 Å². The molecule has 1 saturated carbocycles. The molecule has 0 spiro atoms. The molecule has 1 aliphatic carbocycles. The average molecular weight is 296 g/mol. The predicted octanol–water partition coefficient (Wildman–Crippen LogP) is 5.25. The molecule has 1 rings (SSSR count). The molecule has 2 atom stereocenters. The largest absolute Gasteiger partial charge is 0.384 e. The number of rotatable bonds is 9. The van der Waals surface area contributed by atoms with Gasteiger partial charge in [-0.3, -0.25) is 4.79 Å². The maximum absolute atomic E-state index is 12.9. The van der Waals surface area contributed by atoms with E-state index in [9.17, 15) is 4.79 Å². The summed E-state index contributed by atoms with van der Waals surface area (Å²) in [4.78, 5) is 12.9. The lowest BCUT2D eigenvalue weighted by atomic mass is 9.58. The van der Waals surface area contributed by atoms with Crippen LogP contribution < -0.4 is 0 Å². The van der Waals surface area contributed by atoms with E-state index in [2.05, 4.69) is 27.7 Å². The van der Waals surface area contributed by atoms with Gasteiger partial charge in [0.2, 0.25) is 0 Å². The minimum Gasteiger partial charge on any atom is -0.384 e. The fourth-order valence-electron chi connectivity index (χ4n) is 4.13. The van der Waals surface area contributed by atoms with Crippen LogP contribution in [0.5, 0.6) is 0 Å². The highest BCUT2D eigenvalue weighted by Crippen LogP contribution is 2.47. The highest BCUT2D eigenvalue weighted by Gasteiger charge is 2.48. The van der Waals surface area contributed by atoms with E-state index in [1.807, 2.05) is 0 Å². The van der Waals surface area contributed by atoms with Gasteiger partial charge in [-0.15, -0.1) is 0 Å². The lowest BCUT2D eigenvalue weighted by Crippen LogP contribution is -2.49. The van der Waals surface area contributed by atoms with Crippen LogP contribution in [0.2, 0.25) is 0 Å². The van der Waals surface area contributed by atoms with Gasteiger partial charge in [0.05, 0.1) is 12.0 Å². The fraction of sp³-hybridized carbons (Fsp3) is 0.947. The average Bonchev–Trinajstić information content (AvgIpc) is 2.42. The molecule has 21 heavy (non-hydrogen) atoms. The second-order valence-corrected chi connectivity index (χ2v) is 7.62. The number of hydrogen-bond acceptors (Lipinski definition) is 2. The van der Waals surface area contributed by atoms with Crippen LogP contribution in [-0.4, -0.2) is 19.5 Å². The van der Waals surface area contributed by atoms with Gasteiger partial charge >= 0.3 is 0 Å². The van der Waals surface area contributed by atoms with Gasteiger partial charge in [-0.2, -0.15) is 0 Å². The zero-order valence-corrected chi connectivity index (χ0v) is 14.9. The summed E-state index contributed by atoms with van der Waals surface area (Å²) >= 11 is 0. The third-order valence-corrected chi connectivity index (χ3v) is 5.62. The molecule has 0 heterocycles. The monoisotopic (exact) mass is 296 g/mol. The summed E-state index contributed by atoms with van der Waals surface area (Å²) in [5, 5.41) is 0. The van der Waals surface area contributed by atoms with Crippen molar-refractivity contribution in [2.45, 2.75) is 79.1 Å². The van der Waals surface area contributed by atoms with Crippen LogP contribution in [0, 0.1) is 23.2 Å². The quantitative estimate of drug-likeness (QED) is 0.543. The highest BCUT2D eigenvalue weighted by atomic mass is 16.5. The molecule has 0 saturated heterocycles. The molecule has 0 aliphatic heterocycles. The van der Waals surface area contributed by atoms with Crippen molar-refractivity contribution in [1.29, 1.82) is 0 Å². The number of hydrogen-bond donors (Lipinski definition) is 0. The third kappa shape index (κ3) is 4.81. The minimum atomic E-state index is -0.217. The van der Waals surface area contributed by atoms with E-state index in [0.717, 1.165) is 18.8 Å². The predicted molar refractivity (Wildman–Crippen MR) is 89.4 cm³/mol. The lowest BCUT2D eigenvalue weighted by Gasteiger charge is -2.46. The van der Waals surface area contributed by atoms with Gasteiger partial charge in [0.25, 0.3) is 0 Å². The standard InChI is InChI=1S/C19H36O2/c1-15(2)10-7-6-8-13-18(20)19(14-21-5)16(3)11-9-12-17(19)4/h15-17H,6-14H2,1-5H3. The van der Waals surface area contributed by atoms with Gasteiger partial charge < -0.3 is 4.74 Å². The number of ether oxygens (including phenoxy) is 1. The Bertz CT molecular complexity index is 299. The first-order chi connectivity index (χ1) is 9.95. The molecule has 1 aliphatic rings. The van der Waals surface area contributed by atoms with Crippen LogP contribution in [-0.2, 0) is 9.53 Å². The van der Waals surface area contributed by atoms with E-state index in [-0.39, 0.29) is 5.41 Å². The highest BCUT2D eigenvalue weighted by molar-refractivity contribution is 5.85. The Labute approximate surface area is 132 Å². The van der Waals surface area contributed by atoms with Crippen molar-refractivity contribution >= 4 is 5.78 Å². The van der Waals surface area contributed by atoms with Crippen LogP contribution in [0.25, 0.3) is 0 Å². The summed E-state index contributed by atoms with van der Waals surface area (Å²) in [6, 6.07) is 0. The molecule has 2 nitrogen and oxygen atoms in total. The Kier molecular flexibility index (Phi) is 7.94. The molecule has 0 bridgehead atoms. The zero-order chi connectivity index (χ0) is 15.9. The zero-order valence-electron chi connectivity index (χ0n) is 14.9. The van der Waals surface area contributed by atoms with Crippen molar-refractivity contribution in [3.63, 3.8) is 0 Å². The van der Waals surface area contributed by atoms with Crippen molar-refractivity contribution < 1.29 is 9.53 Å². The lowest BCUT2D eigenvalue weighted by molar-refractivity contribution is -0.144. The van der Waals surface area contributed by atoms with Crippen LogP contribution in [0.1, 0.15) is 79.1 Å². The molecule has 0 aromatic rings. The van der Waals surface area contributed by atoms with Gasteiger partial charge in [0.1, 0.15) is 5.78 Å². The molecule has 0 amide bonds. The van der Waals surface area contributed by atoms with Gasteiger partial charge in [-0.05, 0) is 37.0 Å². The molecule has 2 unspecified atom stereocenters.